The molecule has 1 aliphatic rings. The fourth-order valence-corrected chi connectivity index (χ4v) is 2.96. The number of rotatable bonds is 8. The van der Waals surface area contributed by atoms with E-state index >= 15 is 0 Å². The minimum atomic E-state index is -0.339. The molecule has 0 aromatic heterocycles. The van der Waals surface area contributed by atoms with Crippen LogP contribution in [-0.4, -0.2) is 37.1 Å². The first-order valence-electron chi connectivity index (χ1n) is 7.96. The normalized spacial score (nSPS) is 20.9. The molecule has 1 N–H and O–H groups in total. The molecule has 0 amide bonds. The predicted molar refractivity (Wildman–Crippen MR) is 81.0 cm³/mol. The Balaban J connectivity index is 2.10. The number of likely N-dealkylation sites (tertiary alicyclic amines) is 1. The zero-order valence-corrected chi connectivity index (χ0v) is 13.0. The fraction of sp³-hybridized carbons (Fsp3) is 0.938. The van der Waals surface area contributed by atoms with E-state index in [9.17, 15) is 0 Å². The lowest BCUT2D eigenvalue weighted by atomic mass is 9.92. The highest BCUT2D eigenvalue weighted by molar-refractivity contribution is 5.02. The molecule has 1 unspecified atom stereocenters. The predicted octanol–water partition coefficient (Wildman–Crippen LogP) is 3.17. The van der Waals surface area contributed by atoms with Crippen molar-refractivity contribution in [3.63, 3.8) is 0 Å². The van der Waals surface area contributed by atoms with E-state index in [1.807, 2.05) is 14.0 Å². The maximum Gasteiger partial charge on any atom is 0.103 e. The van der Waals surface area contributed by atoms with Crippen LogP contribution in [0.4, 0.5) is 0 Å². The lowest BCUT2D eigenvalue weighted by Crippen LogP contribution is -2.38. The van der Waals surface area contributed by atoms with Gasteiger partial charge in [0.25, 0.3) is 0 Å². The largest absolute Gasteiger partial charge is 0.303 e. The first-order valence-corrected chi connectivity index (χ1v) is 7.96. The number of nitrogens with one attached hydrogen (secondary N) is 1. The van der Waals surface area contributed by atoms with Crippen molar-refractivity contribution in [3.8, 4) is 6.07 Å². The SMILES string of the molecule is CCCC1CCN(CCCCC(C)(C#N)NC)CC1. The van der Waals surface area contributed by atoms with E-state index < -0.39 is 0 Å². The zero-order valence-electron chi connectivity index (χ0n) is 13.0. The first-order chi connectivity index (χ1) is 9.13. The van der Waals surface area contributed by atoms with Crippen LogP contribution in [0.15, 0.2) is 0 Å². The summed E-state index contributed by atoms with van der Waals surface area (Å²) in [4.78, 5) is 2.61. The third-order valence-corrected chi connectivity index (χ3v) is 4.60. The van der Waals surface area contributed by atoms with Gasteiger partial charge >= 0.3 is 0 Å². The Kier molecular flexibility index (Phi) is 7.41. The standard InChI is InChI=1S/C16H31N3/c1-4-7-15-8-12-19(13-9-15)11-6-5-10-16(2,14-17)18-3/h15,18H,4-13H2,1-3H3. The summed E-state index contributed by atoms with van der Waals surface area (Å²) >= 11 is 0. The van der Waals surface area contributed by atoms with Gasteiger partial charge in [-0.1, -0.05) is 19.8 Å². The monoisotopic (exact) mass is 265 g/mol. The minimum absolute atomic E-state index is 0.339. The van der Waals surface area contributed by atoms with Gasteiger partial charge in [0.2, 0.25) is 0 Å². The van der Waals surface area contributed by atoms with E-state index in [0.717, 1.165) is 18.8 Å². The van der Waals surface area contributed by atoms with Gasteiger partial charge in [0.15, 0.2) is 0 Å². The Morgan fingerprint density at radius 1 is 1.32 bits per heavy atom. The Bertz CT molecular complexity index is 276. The summed E-state index contributed by atoms with van der Waals surface area (Å²) in [5.74, 6) is 0.979. The van der Waals surface area contributed by atoms with Crippen LogP contribution < -0.4 is 5.32 Å². The average Bonchev–Trinajstić information content (AvgIpc) is 2.45. The van der Waals surface area contributed by atoms with Crippen LogP contribution in [0.5, 0.6) is 0 Å². The molecule has 110 valence electrons. The summed E-state index contributed by atoms with van der Waals surface area (Å²) in [5.41, 5.74) is -0.339. The van der Waals surface area contributed by atoms with Crippen LogP contribution >= 0.6 is 0 Å². The average molecular weight is 265 g/mol. The van der Waals surface area contributed by atoms with Crippen molar-refractivity contribution in [1.29, 1.82) is 5.26 Å². The molecule has 1 heterocycles. The number of nitrogens with zero attached hydrogens (tertiary/aromatic N) is 2. The Labute approximate surface area is 119 Å². The van der Waals surface area contributed by atoms with Crippen molar-refractivity contribution in [1.82, 2.24) is 10.2 Å². The molecule has 19 heavy (non-hydrogen) atoms. The fourth-order valence-electron chi connectivity index (χ4n) is 2.96. The molecule has 3 nitrogen and oxygen atoms in total. The van der Waals surface area contributed by atoms with Crippen LogP contribution in [0.2, 0.25) is 0 Å². The smallest absolute Gasteiger partial charge is 0.103 e. The van der Waals surface area contributed by atoms with E-state index in [1.165, 1.54) is 51.7 Å². The summed E-state index contributed by atoms with van der Waals surface area (Å²) in [6, 6.07) is 2.36. The third kappa shape index (κ3) is 5.93. The van der Waals surface area contributed by atoms with Crippen molar-refractivity contribution in [2.45, 2.75) is 64.3 Å². The van der Waals surface area contributed by atoms with Crippen molar-refractivity contribution in [3.05, 3.63) is 0 Å². The topological polar surface area (TPSA) is 39.1 Å². The van der Waals surface area contributed by atoms with Gasteiger partial charge in [-0.15, -0.1) is 0 Å². The molecular formula is C16H31N3. The van der Waals surface area contributed by atoms with E-state index in [0.29, 0.717) is 0 Å². The van der Waals surface area contributed by atoms with Gasteiger partial charge in [-0.25, -0.2) is 0 Å². The molecular weight excluding hydrogens is 234 g/mol. The van der Waals surface area contributed by atoms with Gasteiger partial charge in [-0.3, -0.25) is 0 Å². The molecule has 1 atom stereocenters. The molecule has 1 aliphatic heterocycles. The Morgan fingerprint density at radius 3 is 2.53 bits per heavy atom. The zero-order chi connectivity index (χ0) is 14.1. The molecule has 0 aliphatic carbocycles. The highest BCUT2D eigenvalue weighted by Crippen LogP contribution is 2.22. The number of unbranched alkanes of at least 4 members (excludes halogenated alkanes) is 1. The summed E-state index contributed by atoms with van der Waals surface area (Å²) in [7, 11) is 1.88. The maximum atomic E-state index is 9.09. The second-order valence-corrected chi connectivity index (χ2v) is 6.22. The molecule has 0 bridgehead atoms. The molecule has 0 spiro atoms. The molecule has 3 heteroatoms. The van der Waals surface area contributed by atoms with Crippen molar-refractivity contribution in [2.75, 3.05) is 26.7 Å². The second kappa shape index (κ2) is 8.55. The van der Waals surface area contributed by atoms with Gasteiger partial charge in [-0.05, 0) is 71.6 Å². The van der Waals surface area contributed by atoms with Crippen molar-refractivity contribution >= 4 is 0 Å². The van der Waals surface area contributed by atoms with Gasteiger partial charge < -0.3 is 10.2 Å². The van der Waals surface area contributed by atoms with E-state index in [4.69, 9.17) is 5.26 Å². The van der Waals surface area contributed by atoms with E-state index in [1.54, 1.807) is 0 Å². The lowest BCUT2D eigenvalue weighted by molar-refractivity contribution is 0.175. The van der Waals surface area contributed by atoms with E-state index in [-0.39, 0.29) is 5.54 Å². The minimum Gasteiger partial charge on any atom is -0.303 e. The van der Waals surface area contributed by atoms with Crippen LogP contribution in [-0.2, 0) is 0 Å². The highest BCUT2D eigenvalue weighted by Gasteiger charge is 2.21. The molecule has 0 radical (unpaired) electrons. The van der Waals surface area contributed by atoms with Crippen molar-refractivity contribution < 1.29 is 0 Å². The van der Waals surface area contributed by atoms with Crippen LogP contribution in [0.3, 0.4) is 0 Å². The Morgan fingerprint density at radius 2 is 2.00 bits per heavy atom. The third-order valence-electron chi connectivity index (χ3n) is 4.60. The number of hydrogen-bond donors (Lipinski definition) is 1. The summed E-state index contributed by atoms with van der Waals surface area (Å²) < 4.78 is 0. The highest BCUT2D eigenvalue weighted by atomic mass is 15.1. The lowest BCUT2D eigenvalue weighted by Gasteiger charge is -2.32. The van der Waals surface area contributed by atoms with Crippen molar-refractivity contribution in [2.24, 2.45) is 5.92 Å². The van der Waals surface area contributed by atoms with Crippen LogP contribution in [0.25, 0.3) is 0 Å². The summed E-state index contributed by atoms with van der Waals surface area (Å²) in [6.45, 7) is 8.06. The maximum absolute atomic E-state index is 9.09. The molecule has 0 aromatic rings. The van der Waals surface area contributed by atoms with Crippen LogP contribution in [0.1, 0.15) is 58.8 Å². The first kappa shape index (κ1) is 16.5. The molecule has 1 saturated heterocycles. The second-order valence-electron chi connectivity index (χ2n) is 6.22. The molecule has 1 rings (SSSR count). The molecule has 1 fully saturated rings. The van der Waals surface area contributed by atoms with Crippen LogP contribution in [0, 0.1) is 17.2 Å². The number of nitriles is 1. The summed E-state index contributed by atoms with van der Waals surface area (Å²) in [6.07, 6.45) is 8.84. The molecule has 0 aromatic carbocycles. The van der Waals surface area contributed by atoms with Gasteiger partial charge in [0.1, 0.15) is 5.54 Å². The molecule has 0 saturated carbocycles. The van der Waals surface area contributed by atoms with Gasteiger partial charge in [0.05, 0.1) is 6.07 Å². The van der Waals surface area contributed by atoms with E-state index in [2.05, 4.69) is 23.2 Å². The van der Waals surface area contributed by atoms with Gasteiger partial charge in [-0.2, -0.15) is 5.26 Å². The van der Waals surface area contributed by atoms with Gasteiger partial charge in [0, 0.05) is 0 Å². The quantitative estimate of drug-likeness (QED) is 0.685. The number of hydrogen-bond acceptors (Lipinski definition) is 3. The number of piperidine rings is 1. The summed E-state index contributed by atoms with van der Waals surface area (Å²) in [5, 5.41) is 12.2. The Hall–Kier alpha value is -0.590.